The summed E-state index contributed by atoms with van der Waals surface area (Å²) in [4.78, 5) is 20.9. The Morgan fingerprint density at radius 3 is 2.32 bits per heavy atom. The van der Waals surface area contributed by atoms with Crippen molar-refractivity contribution in [3.05, 3.63) is 115 Å². The summed E-state index contributed by atoms with van der Waals surface area (Å²) in [7, 11) is 0. The third-order valence-corrected chi connectivity index (χ3v) is 4.60. The Balaban J connectivity index is 1.98. The van der Waals surface area contributed by atoms with Gasteiger partial charge in [-0.05, 0) is 37.1 Å². The Morgan fingerprint density at radius 1 is 0.935 bits per heavy atom. The molecule has 0 saturated carbocycles. The van der Waals surface area contributed by atoms with Crippen molar-refractivity contribution in [2.24, 2.45) is 5.10 Å². The van der Waals surface area contributed by atoms with E-state index in [1.807, 2.05) is 68.5 Å². The van der Waals surface area contributed by atoms with E-state index in [1.165, 1.54) is 17.7 Å². The number of nitro groups is 2. The summed E-state index contributed by atoms with van der Waals surface area (Å²) in [6, 6.07) is 18.8. The van der Waals surface area contributed by atoms with Gasteiger partial charge < -0.3 is 0 Å². The standard InChI is InChI=1S/C23H20N4O4/c1-16-8-9-18(17(2)14-16)10-12-21(19-6-4-3-5-7-19)24-25-22-13-11-20(26(28)29)15-23(22)27(30)31/h3-15,25H,1-2H3. The molecule has 0 spiro atoms. The van der Waals surface area contributed by atoms with Gasteiger partial charge in [-0.3, -0.25) is 25.7 Å². The lowest BCUT2D eigenvalue weighted by atomic mass is 10.0. The lowest BCUT2D eigenvalue weighted by molar-refractivity contribution is -0.393. The van der Waals surface area contributed by atoms with E-state index in [0.717, 1.165) is 22.8 Å². The van der Waals surface area contributed by atoms with Crippen LogP contribution in [-0.4, -0.2) is 15.6 Å². The van der Waals surface area contributed by atoms with Gasteiger partial charge in [-0.1, -0.05) is 60.2 Å². The molecule has 0 aromatic heterocycles. The first-order chi connectivity index (χ1) is 14.8. The first-order valence-electron chi connectivity index (χ1n) is 9.42. The second kappa shape index (κ2) is 9.45. The summed E-state index contributed by atoms with van der Waals surface area (Å²) < 4.78 is 0. The summed E-state index contributed by atoms with van der Waals surface area (Å²) in [6.07, 6.45) is 3.74. The molecule has 0 aliphatic rings. The molecule has 0 amide bonds. The van der Waals surface area contributed by atoms with E-state index in [-0.39, 0.29) is 11.4 Å². The highest BCUT2D eigenvalue weighted by molar-refractivity contribution is 6.11. The van der Waals surface area contributed by atoms with Gasteiger partial charge in [0, 0.05) is 11.6 Å². The SMILES string of the molecule is Cc1ccc(C=CC(=NNc2ccc([N+](=O)[O-])cc2[N+](=O)[O-])c2ccccc2)c(C)c1. The molecule has 3 aromatic rings. The molecule has 0 unspecified atom stereocenters. The Labute approximate surface area is 178 Å². The van der Waals surface area contributed by atoms with E-state index < -0.39 is 15.5 Å². The van der Waals surface area contributed by atoms with Crippen molar-refractivity contribution in [1.82, 2.24) is 0 Å². The molecule has 0 radical (unpaired) electrons. The summed E-state index contributed by atoms with van der Waals surface area (Å²) in [6.45, 7) is 4.04. The van der Waals surface area contributed by atoms with Crippen LogP contribution in [0.1, 0.15) is 22.3 Å². The van der Waals surface area contributed by atoms with Crippen molar-refractivity contribution in [2.75, 3.05) is 5.43 Å². The molecule has 0 aliphatic carbocycles. The molecule has 31 heavy (non-hydrogen) atoms. The van der Waals surface area contributed by atoms with Gasteiger partial charge in [0.2, 0.25) is 0 Å². The van der Waals surface area contributed by atoms with Gasteiger partial charge in [0.05, 0.1) is 21.6 Å². The zero-order valence-corrected chi connectivity index (χ0v) is 17.0. The molecule has 156 valence electrons. The molecule has 8 nitrogen and oxygen atoms in total. The van der Waals surface area contributed by atoms with Gasteiger partial charge in [0.25, 0.3) is 5.69 Å². The highest BCUT2D eigenvalue weighted by Gasteiger charge is 2.19. The lowest BCUT2D eigenvalue weighted by Crippen LogP contribution is -2.03. The average Bonchev–Trinajstić information content (AvgIpc) is 2.75. The van der Waals surface area contributed by atoms with Gasteiger partial charge in [-0.2, -0.15) is 5.10 Å². The number of allylic oxidation sites excluding steroid dienone is 1. The monoisotopic (exact) mass is 416 g/mol. The minimum atomic E-state index is -0.682. The summed E-state index contributed by atoms with van der Waals surface area (Å²) in [5.74, 6) is 0. The number of rotatable bonds is 7. The van der Waals surface area contributed by atoms with E-state index in [0.29, 0.717) is 5.71 Å². The van der Waals surface area contributed by atoms with Gasteiger partial charge >= 0.3 is 5.69 Å². The average molecular weight is 416 g/mol. The molecule has 3 rings (SSSR count). The van der Waals surface area contributed by atoms with E-state index in [1.54, 1.807) is 0 Å². The summed E-state index contributed by atoms with van der Waals surface area (Å²) in [5.41, 5.74) is 6.62. The zero-order valence-electron chi connectivity index (χ0n) is 17.0. The van der Waals surface area contributed by atoms with Gasteiger partial charge in [0.1, 0.15) is 5.69 Å². The number of hydrazone groups is 1. The minimum Gasteiger partial charge on any atom is -0.271 e. The predicted molar refractivity (Wildman–Crippen MR) is 121 cm³/mol. The molecule has 8 heteroatoms. The maximum Gasteiger partial charge on any atom is 0.301 e. The molecule has 0 bridgehead atoms. The van der Waals surface area contributed by atoms with Crippen LogP contribution in [0.4, 0.5) is 17.1 Å². The number of nitrogens with zero attached hydrogens (tertiary/aromatic N) is 3. The second-order valence-corrected chi connectivity index (χ2v) is 6.88. The number of anilines is 1. The number of hydrogen-bond donors (Lipinski definition) is 1. The van der Waals surface area contributed by atoms with Crippen LogP contribution in [0.25, 0.3) is 6.08 Å². The molecular weight excluding hydrogens is 396 g/mol. The number of nitrogens with one attached hydrogen (secondary N) is 1. The first kappa shape index (κ1) is 21.4. The highest BCUT2D eigenvalue weighted by Crippen LogP contribution is 2.29. The number of non-ortho nitro benzene ring substituents is 1. The quantitative estimate of drug-likeness (QED) is 0.304. The second-order valence-electron chi connectivity index (χ2n) is 6.88. The lowest BCUT2D eigenvalue weighted by Gasteiger charge is -2.06. The fourth-order valence-electron chi connectivity index (χ4n) is 2.99. The number of aryl methyl sites for hydroxylation is 2. The van der Waals surface area contributed by atoms with Gasteiger partial charge in [-0.25, -0.2) is 0 Å². The molecule has 3 aromatic carbocycles. The minimum absolute atomic E-state index is 0.0592. The normalized spacial score (nSPS) is 11.5. The zero-order chi connectivity index (χ0) is 22.4. The Morgan fingerprint density at radius 2 is 1.68 bits per heavy atom. The smallest absolute Gasteiger partial charge is 0.271 e. The van der Waals surface area contributed by atoms with Crippen LogP contribution in [0.5, 0.6) is 0 Å². The molecule has 0 aliphatic heterocycles. The van der Waals surface area contributed by atoms with E-state index in [2.05, 4.69) is 16.6 Å². The maximum absolute atomic E-state index is 11.4. The maximum atomic E-state index is 11.4. The van der Waals surface area contributed by atoms with E-state index in [9.17, 15) is 20.2 Å². The van der Waals surface area contributed by atoms with Crippen LogP contribution < -0.4 is 5.43 Å². The Kier molecular flexibility index (Phi) is 6.51. The fourth-order valence-corrected chi connectivity index (χ4v) is 2.99. The topological polar surface area (TPSA) is 111 Å². The molecule has 0 fully saturated rings. The van der Waals surface area contributed by atoms with E-state index >= 15 is 0 Å². The van der Waals surface area contributed by atoms with Crippen molar-refractivity contribution in [1.29, 1.82) is 0 Å². The fraction of sp³-hybridized carbons (Fsp3) is 0.0870. The van der Waals surface area contributed by atoms with Crippen LogP contribution in [-0.2, 0) is 0 Å². The predicted octanol–water partition coefficient (Wildman–Crippen LogP) is 5.65. The van der Waals surface area contributed by atoms with Gasteiger partial charge in [-0.15, -0.1) is 0 Å². The molecule has 0 saturated heterocycles. The Hall–Kier alpha value is -4.33. The number of hydrogen-bond acceptors (Lipinski definition) is 6. The third kappa shape index (κ3) is 5.39. The van der Waals surface area contributed by atoms with Gasteiger partial charge in [0.15, 0.2) is 0 Å². The first-order valence-corrected chi connectivity index (χ1v) is 9.42. The van der Waals surface area contributed by atoms with Crippen LogP contribution in [0, 0.1) is 34.1 Å². The molecule has 1 N–H and O–H groups in total. The van der Waals surface area contributed by atoms with Crippen molar-refractivity contribution in [3.63, 3.8) is 0 Å². The van der Waals surface area contributed by atoms with Crippen LogP contribution in [0.3, 0.4) is 0 Å². The van der Waals surface area contributed by atoms with Crippen molar-refractivity contribution >= 4 is 28.8 Å². The van der Waals surface area contributed by atoms with E-state index in [4.69, 9.17) is 0 Å². The molecule has 0 heterocycles. The Bertz CT molecular complexity index is 1190. The van der Waals surface area contributed by atoms with Crippen LogP contribution in [0.15, 0.2) is 77.9 Å². The number of nitro benzene ring substituents is 2. The van der Waals surface area contributed by atoms with Crippen LogP contribution in [0.2, 0.25) is 0 Å². The highest BCUT2D eigenvalue weighted by atomic mass is 16.6. The molecular formula is C23H20N4O4. The molecule has 0 atom stereocenters. The largest absolute Gasteiger partial charge is 0.301 e. The van der Waals surface area contributed by atoms with Crippen molar-refractivity contribution < 1.29 is 9.85 Å². The summed E-state index contributed by atoms with van der Waals surface area (Å²) >= 11 is 0. The van der Waals surface area contributed by atoms with Crippen molar-refractivity contribution in [3.8, 4) is 0 Å². The third-order valence-electron chi connectivity index (χ3n) is 4.60. The van der Waals surface area contributed by atoms with Crippen molar-refractivity contribution in [2.45, 2.75) is 13.8 Å². The number of benzene rings is 3. The van der Waals surface area contributed by atoms with Crippen LogP contribution >= 0.6 is 0 Å². The summed E-state index contributed by atoms with van der Waals surface area (Å²) in [5, 5.41) is 26.6.